The summed E-state index contributed by atoms with van der Waals surface area (Å²) in [4.78, 5) is 33.2. The highest BCUT2D eigenvalue weighted by molar-refractivity contribution is 7.99. The molecule has 0 saturated carbocycles. The second-order valence-corrected chi connectivity index (χ2v) is 10.1. The maximum Gasteiger partial charge on any atom is 0.267 e. The molecular formula is C25H23N3O2S2. The normalized spacial score (nSPS) is 12.8. The Hall–Kier alpha value is -2.90. The van der Waals surface area contributed by atoms with Gasteiger partial charge in [0.2, 0.25) is 5.91 Å². The van der Waals surface area contributed by atoms with Crippen LogP contribution in [0.3, 0.4) is 0 Å². The number of carbonyl (C=O) groups is 1. The van der Waals surface area contributed by atoms with Gasteiger partial charge in [0.15, 0.2) is 5.16 Å². The molecule has 4 aromatic rings. The van der Waals surface area contributed by atoms with Gasteiger partial charge in [-0.15, -0.1) is 11.3 Å². The molecule has 32 heavy (non-hydrogen) atoms. The first-order valence-electron chi connectivity index (χ1n) is 10.6. The number of fused-ring (bicyclic) bond motifs is 3. The molecule has 0 radical (unpaired) electrons. The Labute approximate surface area is 194 Å². The van der Waals surface area contributed by atoms with Crippen LogP contribution in [0.5, 0.6) is 0 Å². The molecule has 0 saturated heterocycles. The van der Waals surface area contributed by atoms with Crippen molar-refractivity contribution in [2.75, 3.05) is 11.1 Å². The minimum atomic E-state index is -0.122. The van der Waals surface area contributed by atoms with E-state index in [1.807, 2.05) is 62.4 Å². The number of anilines is 1. The minimum Gasteiger partial charge on any atom is -0.325 e. The van der Waals surface area contributed by atoms with Crippen molar-refractivity contribution < 1.29 is 4.79 Å². The zero-order valence-corrected chi connectivity index (χ0v) is 19.6. The lowest BCUT2D eigenvalue weighted by atomic mass is 10.2. The summed E-state index contributed by atoms with van der Waals surface area (Å²) in [5.41, 5.74) is 4.83. The first-order chi connectivity index (χ1) is 15.5. The molecule has 7 heteroatoms. The quantitative estimate of drug-likeness (QED) is 0.324. The maximum absolute atomic E-state index is 13.7. The average molecular weight is 462 g/mol. The number of thioether (sulfide) groups is 1. The lowest BCUT2D eigenvalue weighted by Crippen LogP contribution is -2.23. The number of carbonyl (C=O) groups excluding carboxylic acids is 1. The topological polar surface area (TPSA) is 64.0 Å². The molecule has 0 atom stereocenters. The number of hydrogen-bond acceptors (Lipinski definition) is 5. The van der Waals surface area contributed by atoms with Crippen LogP contribution in [0.25, 0.3) is 15.9 Å². The van der Waals surface area contributed by atoms with Crippen molar-refractivity contribution in [2.24, 2.45) is 0 Å². The van der Waals surface area contributed by atoms with Crippen molar-refractivity contribution in [3.63, 3.8) is 0 Å². The Morgan fingerprint density at radius 3 is 2.69 bits per heavy atom. The number of nitrogens with zero attached hydrogens (tertiary/aromatic N) is 2. The van der Waals surface area contributed by atoms with Gasteiger partial charge in [-0.2, -0.15) is 0 Å². The van der Waals surface area contributed by atoms with Gasteiger partial charge in [0.25, 0.3) is 5.56 Å². The third kappa shape index (κ3) is 3.87. The highest BCUT2D eigenvalue weighted by Gasteiger charge is 2.24. The highest BCUT2D eigenvalue weighted by Crippen LogP contribution is 2.36. The minimum absolute atomic E-state index is 0.0416. The van der Waals surface area contributed by atoms with Crippen molar-refractivity contribution >= 4 is 44.9 Å². The summed E-state index contributed by atoms with van der Waals surface area (Å²) in [6, 6.07) is 15.5. The van der Waals surface area contributed by atoms with E-state index in [2.05, 4.69) is 5.32 Å². The first-order valence-corrected chi connectivity index (χ1v) is 12.4. The molecular weight excluding hydrogens is 438 g/mol. The van der Waals surface area contributed by atoms with Crippen molar-refractivity contribution in [3.05, 3.63) is 80.5 Å². The van der Waals surface area contributed by atoms with Gasteiger partial charge in [0.1, 0.15) is 4.83 Å². The zero-order chi connectivity index (χ0) is 22.2. The number of aryl methyl sites for hydroxylation is 4. The molecule has 0 bridgehead atoms. The van der Waals surface area contributed by atoms with Crippen molar-refractivity contribution in [1.29, 1.82) is 0 Å². The summed E-state index contributed by atoms with van der Waals surface area (Å²) in [6.07, 6.45) is 3.05. The predicted octanol–water partition coefficient (Wildman–Crippen LogP) is 5.28. The molecule has 162 valence electrons. The molecule has 2 heterocycles. The Morgan fingerprint density at radius 1 is 1.12 bits per heavy atom. The van der Waals surface area contributed by atoms with E-state index in [9.17, 15) is 9.59 Å². The van der Waals surface area contributed by atoms with Gasteiger partial charge >= 0.3 is 0 Å². The average Bonchev–Trinajstić information content (AvgIpc) is 3.36. The van der Waals surface area contributed by atoms with Crippen LogP contribution in [0.4, 0.5) is 5.69 Å². The summed E-state index contributed by atoms with van der Waals surface area (Å²) in [7, 11) is 0. The Balaban J connectivity index is 1.52. The Morgan fingerprint density at radius 2 is 1.91 bits per heavy atom. The molecule has 5 rings (SSSR count). The summed E-state index contributed by atoms with van der Waals surface area (Å²) >= 11 is 2.92. The molecule has 0 fully saturated rings. The molecule has 0 aliphatic heterocycles. The summed E-state index contributed by atoms with van der Waals surface area (Å²) in [5, 5.41) is 4.25. The zero-order valence-electron chi connectivity index (χ0n) is 18.0. The smallest absolute Gasteiger partial charge is 0.267 e. The highest BCUT2D eigenvalue weighted by atomic mass is 32.2. The number of amides is 1. The SMILES string of the molecule is Cc1ccc(-n2c(SCC(=O)Nc3ccccc3C)nc3sc4c(c3c2=O)CCC4)cc1. The fourth-order valence-corrected chi connectivity index (χ4v) is 6.19. The number of thiophene rings is 1. The maximum atomic E-state index is 13.7. The third-order valence-electron chi connectivity index (χ3n) is 5.75. The number of hydrogen-bond donors (Lipinski definition) is 1. The summed E-state index contributed by atoms with van der Waals surface area (Å²) < 4.78 is 1.67. The monoisotopic (exact) mass is 461 g/mol. The summed E-state index contributed by atoms with van der Waals surface area (Å²) in [5.74, 6) is 0.0474. The van der Waals surface area contributed by atoms with E-state index in [1.54, 1.807) is 15.9 Å². The lowest BCUT2D eigenvalue weighted by Gasteiger charge is -2.13. The fourth-order valence-electron chi connectivity index (χ4n) is 4.07. The van der Waals surface area contributed by atoms with Gasteiger partial charge < -0.3 is 5.32 Å². The third-order valence-corrected chi connectivity index (χ3v) is 7.88. The molecule has 1 amide bonds. The Bertz CT molecular complexity index is 1390. The number of benzene rings is 2. The standard InChI is InChI=1S/C25H23N3O2S2/c1-15-10-12-17(13-11-15)28-24(30)22-18-7-5-9-20(18)32-23(22)27-25(28)31-14-21(29)26-19-8-4-3-6-16(19)2/h3-4,6,8,10-13H,5,7,9,14H2,1-2H3,(H,26,29). The van der Waals surface area contributed by atoms with Gasteiger partial charge in [-0.25, -0.2) is 4.98 Å². The van der Waals surface area contributed by atoms with Crippen molar-refractivity contribution in [3.8, 4) is 5.69 Å². The van der Waals surface area contributed by atoms with E-state index in [1.165, 1.54) is 16.6 Å². The van der Waals surface area contributed by atoms with Crippen LogP contribution in [0.2, 0.25) is 0 Å². The van der Waals surface area contributed by atoms with Gasteiger partial charge in [-0.1, -0.05) is 47.7 Å². The molecule has 0 unspecified atom stereocenters. The number of para-hydroxylation sites is 1. The van der Waals surface area contributed by atoms with E-state index in [4.69, 9.17) is 4.98 Å². The largest absolute Gasteiger partial charge is 0.325 e. The second-order valence-electron chi connectivity index (χ2n) is 8.06. The van der Waals surface area contributed by atoms with Crippen LogP contribution >= 0.6 is 23.1 Å². The van der Waals surface area contributed by atoms with Gasteiger partial charge in [-0.05, 0) is 62.4 Å². The lowest BCUT2D eigenvalue weighted by molar-refractivity contribution is -0.113. The summed E-state index contributed by atoms with van der Waals surface area (Å²) in [6.45, 7) is 3.98. The van der Waals surface area contributed by atoms with Crippen LogP contribution in [0.15, 0.2) is 58.5 Å². The van der Waals surface area contributed by atoms with Gasteiger partial charge in [0.05, 0.1) is 16.8 Å². The van der Waals surface area contributed by atoms with E-state index >= 15 is 0 Å². The van der Waals surface area contributed by atoms with Crippen molar-refractivity contribution in [1.82, 2.24) is 9.55 Å². The van der Waals surface area contributed by atoms with Gasteiger partial charge in [-0.3, -0.25) is 14.2 Å². The number of aromatic nitrogens is 2. The first kappa shape index (κ1) is 21.0. The molecule has 1 aliphatic carbocycles. The molecule has 1 N–H and O–H groups in total. The van der Waals surface area contributed by atoms with Gasteiger partial charge in [0, 0.05) is 10.6 Å². The molecule has 2 aromatic heterocycles. The van der Waals surface area contributed by atoms with E-state index < -0.39 is 0 Å². The number of rotatable bonds is 5. The van der Waals surface area contributed by atoms with Crippen LogP contribution in [-0.4, -0.2) is 21.2 Å². The molecule has 0 spiro atoms. The molecule has 1 aliphatic rings. The number of nitrogens with one attached hydrogen (secondary N) is 1. The van der Waals surface area contributed by atoms with Crippen LogP contribution in [0, 0.1) is 13.8 Å². The molecule has 2 aromatic carbocycles. The van der Waals surface area contributed by atoms with Crippen LogP contribution in [0.1, 0.15) is 28.0 Å². The Kier molecular flexibility index (Phi) is 5.61. The van der Waals surface area contributed by atoms with E-state index in [0.717, 1.165) is 57.5 Å². The van der Waals surface area contributed by atoms with E-state index in [-0.39, 0.29) is 17.2 Å². The fraction of sp³-hybridized carbons (Fsp3) is 0.240. The van der Waals surface area contributed by atoms with E-state index in [0.29, 0.717) is 5.16 Å². The predicted molar refractivity (Wildman–Crippen MR) is 133 cm³/mol. The molecule has 5 nitrogen and oxygen atoms in total. The van der Waals surface area contributed by atoms with Crippen molar-refractivity contribution in [2.45, 2.75) is 38.3 Å². The second kappa shape index (κ2) is 8.56. The van der Waals surface area contributed by atoms with Crippen LogP contribution < -0.4 is 10.9 Å². The van der Waals surface area contributed by atoms with Crippen LogP contribution in [-0.2, 0) is 17.6 Å².